The summed E-state index contributed by atoms with van der Waals surface area (Å²) in [6.45, 7) is 0. The fraction of sp³-hybridized carbons (Fsp3) is 0.583. The van der Waals surface area contributed by atoms with Gasteiger partial charge in [0.25, 0.3) is 0 Å². The van der Waals surface area contributed by atoms with E-state index in [4.69, 9.17) is 5.11 Å². The van der Waals surface area contributed by atoms with Gasteiger partial charge in [-0.2, -0.15) is 11.8 Å². The number of aromatic carboxylic acids is 1. The third kappa shape index (κ3) is 3.18. The van der Waals surface area contributed by atoms with Crippen LogP contribution in [0.25, 0.3) is 0 Å². The number of aromatic nitrogens is 1. The van der Waals surface area contributed by atoms with E-state index >= 15 is 0 Å². The van der Waals surface area contributed by atoms with Crippen molar-refractivity contribution >= 4 is 27.8 Å². The highest BCUT2D eigenvalue weighted by molar-refractivity contribution is 7.99. The maximum atomic E-state index is 12.2. The predicted molar refractivity (Wildman–Crippen MR) is 77.6 cm³/mol. The van der Waals surface area contributed by atoms with Crippen LogP contribution in [0.2, 0.25) is 0 Å². The Morgan fingerprint density at radius 1 is 1.50 bits per heavy atom. The van der Waals surface area contributed by atoms with Crippen LogP contribution in [0.4, 0.5) is 0 Å². The van der Waals surface area contributed by atoms with Crippen LogP contribution in [0.1, 0.15) is 29.8 Å². The smallest absolute Gasteiger partial charge is 0.352 e. The zero-order chi connectivity index (χ0) is 14.9. The molecule has 1 aliphatic carbocycles. The molecular formula is C12H18N2O4S2. The van der Waals surface area contributed by atoms with E-state index in [-0.39, 0.29) is 16.6 Å². The first-order valence-corrected chi connectivity index (χ1v) is 9.05. The third-order valence-corrected chi connectivity index (χ3v) is 6.13. The lowest BCUT2D eigenvalue weighted by molar-refractivity contribution is 0.0686. The number of carboxylic acids is 1. The Hall–Kier alpha value is -0.990. The van der Waals surface area contributed by atoms with Crippen LogP contribution in [0, 0.1) is 0 Å². The Bertz CT molecular complexity index is 609. The molecule has 1 saturated carbocycles. The number of thioether (sulfide) groups is 1. The fourth-order valence-electron chi connectivity index (χ4n) is 2.44. The minimum absolute atomic E-state index is 0.00463. The van der Waals surface area contributed by atoms with Crippen molar-refractivity contribution in [2.24, 2.45) is 7.05 Å². The monoisotopic (exact) mass is 318 g/mol. The molecule has 1 fully saturated rings. The molecule has 0 spiro atoms. The van der Waals surface area contributed by atoms with E-state index in [0.29, 0.717) is 5.25 Å². The molecule has 1 aromatic heterocycles. The summed E-state index contributed by atoms with van der Waals surface area (Å²) >= 11 is 1.75. The minimum atomic E-state index is -3.65. The molecule has 0 amide bonds. The minimum Gasteiger partial charge on any atom is -0.477 e. The number of hydrogen-bond donors (Lipinski definition) is 2. The maximum absolute atomic E-state index is 12.2. The van der Waals surface area contributed by atoms with Crippen molar-refractivity contribution in [3.05, 3.63) is 18.0 Å². The summed E-state index contributed by atoms with van der Waals surface area (Å²) in [6.07, 6.45) is 6.00. The van der Waals surface area contributed by atoms with Gasteiger partial charge in [-0.05, 0) is 31.6 Å². The second kappa shape index (κ2) is 5.79. The summed E-state index contributed by atoms with van der Waals surface area (Å²) < 4.78 is 28.5. The Kier molecular flexibility index (Phi) is 4.46. The van der Waals surface area contributed by atoms with E-state index in [1.54, 1.807) is 11.8 Å². The van der Waals surface area contributed by atoms with Crippen molar-refractivity contribution in [3.63, 3.8) is 0 Å². The molecule has 6 nitrogen and oxygen atoms in total. The average Bonchev–Trinajstić information content (AvgIpc) is 2.95. The fourth-order valence-corrected chi connectivity index (χ4v) is 4.59. The lowest BCUT2D eigenvalue weighted by Crippen LogP contribution is -2.33. The van der Waals surface area contributed by atoms with Crippen molar-refractivity contribution in [2.75, 3.05) is 6.26 Å². The highest BCUT2D eigenvalue weighted by Gasteiger charge is 2.29. The summed E-state index contributed by atoms with van der Waals surface area (Å²) in [5, 5.41) is 9.45. The maximum Gasteiger partial charge on any atom is 0.352 e. The summed E-state index contributed by atoms with van der Waals surface area (Å²) in [5.41, 5.74) is -0.0428. The second-order valence-corrected chi connectivity index (χ2v) is 7.82. The summed E-state index contributed by atoms with van der Waals surface area (Å²) in [4.78, 5) is 11.0. The summed E-state index contributed by atoms with van der Waals surface area (Å²) in [7, 11) is -2.14. The highest BCUT2D eigenvalue weighted by Crippen LogP contribution is 2.29. The van der Waals surface area contributed by atoms with Gasteiger partial charge in [-0.1, -0.05) is 0 Å². The van der Waals surface area contributed by atoms with E-state index in [1.165, 1.54) is 23.9 Å². The number of nitrogens with zero attached hydrogens (tertiary/aromatic N) is 1. The Morgan fingerprint density at radius 2 is 2.20 bits per heavy atom. The number of hydrogen-bond acceptors (Lipinski definition) is 4. The van der Waals surface area contributed by atoms with Crippen LogP contribution in [0.5, 0.6) is 0 Å². The van der Waals surface area contributed by atoms with E-state index < -0.39 is 16.0 Å². The average molecular weight is 318 g/mol. The van der Waals surface area contributed by atoms with Gasteiger partial charge in [0, 0.05) is 24.5 Å². The molecule has 2 unspecified atom stereocenters. The standard InChI is InChI=1S/C12H18N2O4S2/c1-14-7-10(6-11(14)12(15)16)20(17,18)13-8-3-4-9(5-8)19-2/h6-9,13H,3-5H2,1-2H3,(H,15,16). The summed E-state index contributed by atoms with van der Waals surface area (Å²) in [5.74, 6) is -1.14. The van der Waals surface area contributed by atoms with Gasteiger partial charge in [-0.25, -0.2) is 17.9 Å². The zero-order valence-corrected chi connectivity index (χ0v) is 13.0. The number of carbonyl (C=O) groups is 1. The van der Waals surface area contributed by atoms with Crippen molar-refractivity contribution < 1.29 is 18.3 Å². The lowest BCUT2D eigenvalue weighted by Gasteiger charge is -2.12. The second-order valence-electron chi connectivity index (χ2n) is 4.97. The first-order chi connectivity index (χ1) is 9.33. The first-order valence-electron chi connectivity index (χ1n) is 6.28. The molecule has 2 N–H and O–H groups in total. The van der Waals surface area contributed by atoms with E-state index in [0.717, 1.165) is 19.3 Å². The largest absolute Gasteiger partial charge is 0.477 e. The third-order valence-electron chi connectivity index (χ3n) is 3.55. The van der Waals surface area contributed by atoms with Crippen molar-refractivity contribution in [2.45, 2.75) is 35.4 Å². The van der Waals surface area contributed by atoms with Crippen LogP contribution < -0.4 is 4.72 Å². The number of rotatable bonds is 5. The van der Waals surface area contributed by atoms with Gasteiger partial charge in [0.15, 0.2) is 0 Å². The van der Waals surface area contributed by atoms with E-state index in [9.17, 15) is 13.2 Å². The normalized spacial score (nSPS) is 23.1. The van der Waals surface area contributed by atoms with Crippen molar-refractivity contribution in [3.8, 4) is 0 Å². The van der Waals surface area contributed by atoms with Crippen molar-refractivity contribution in [1.82, 2.24) is 9.29 Å². The Labute approximate surface area is 122 Å². The molecule has 2 atom stereocenters. The van der Waals surface area contributed by atoms with Gasteiger partial charge in [0.2, 0.25) is 10.0 Å². The quantitative estimate of drug-likeness (QED) is 0.854. The molecule has 1 heterocycles. The number of sulfonamides is 1. The molecule has 112 valence electrons. The predicted octanol–water partition coefficient (Wildman–Crippen LogP) is 1.29. The molecule has 0 radical (unpaired) electrons. The Balaban J connectivity index is 2.15. The SMILES string of the molecule is CSC1CCC(NS(=O)(=O)c2cc(C(=O)O)n(C)c2)C1. The van der Waals surface area contributed by atoms with Crippen LogP contribution in [-0.4, -0.2) is 41.6 Å². The molecular weight excluding hydrogens is 300 g/mol. The van der Waals surface area contributed by atoms with Crippen LogP contribution in [0.3, 0.4) is 0 Å². The van der Waals surface area contributed by atoms with Gasteiger partial charge < -0.3 is 9.67 Å². The molecule has 1 aliphatic rings. The number of aryl methyl sites for hydroxylation is 1. The van der Waals surface area contributed by atoms with Crippen LogP contribution in [-0.2, 0) is 17.1 Å². The molecule has 1 aromatic rings. The molecule has 8 heteroatoms. The van der Waals surface area contributed by atoms with E-state index in [1.807, 2.05) is 6.26 Å². The molecule has 0 aromatic carbocycles. The van der Waals surface area contributed by atoms with Gasteiger partial charge >= 0.3 is 5.97 Å². The van der Waals surface area contributed by atoms with Gasteiger partial charge in [0.05, 0.1) is 0 Å². The first kappa shape index (κ1) is 15.4. The van der Waals surface area contributed by atoms with Crippen molar-refractivity contribution in [1.29, 1.82) is 0 Å². The summed E-state index contributed by atoms with van der Waals surface area (Å²) in [6, 6.07) is 1.12. The molecule has 0 saturated heterocycles. The van der Waals surface area contributed by atoms with Gasteiger partial charge in [-0.3, -0.25) is 0 Å². The highest BCUT2D eigenvalue weighted by atomic mass is 32.2. The molecule has 0 bridgehead atoms. The van der Waals surface area contributed by atoms with Gasteiger partial charge in [-0.15, -0.1) is 0 Å². The molecule has 2 rings (SSSR count). The number of carboxylic acid groups (broad SMARTS) is 1. The number of nitrogens with one attached hydrogen (secondary N) is 1. The van der Waals surface area contributed by atoms with Crippen LogP contribution in [0.15, 0.2) is 17.2 Å². The van der Waals surface area contributed by atoms with E-state index in [2.05, 4.69) is 4.72 Å². The zero-order valence-electron chi connectivity index (χ0n) is 11.4. The molecule has 0 aliphatic heterocycles. The van der Waals surface area contributed by atoms with Crippen LogP contribution >= 0.6 is 11.8 Å². The van der Waals surface area contributed by atoms with Gasteiger partial charge in [0.1, 0.15) is 10.6 Å². The lowest BCUT2D eigenvalue weighted by atomic mass is 10.3. The Morgan fingerprint density at radius 3 is 2.70 bits per heavy atom. The molecule has 20 heavy (non-hydrogen) atoms. The topological polar surface area (TPSA) is 88.4 Å².